The Balaban J connectivity index is 1.94. The van der Waals surface area contributed by atoms with Crippen molar-refractivity contribution in [2.45, 2.75) is 31.1 Å². The second kappa shape index (κ2) is 6.99. The lowest BCUT2D eigenvalue weighted by molar-refractivity contribution is -0.138. The van der Waals surface area contributed by atoms with Gasteiger partial charge in [0.15, 0.2) is 15.0 Å². The summed E-state index contributed by atoms with van der Waals surface area (Å²) in [5.74, 6) is -2.26. The van der Waals surface area contributed by atoms with Crippen LogP contribution in [0.4, 0.5) is 10.1 Å². The summed E-state index contributed by atoms with van der Waals surface area (Å²) in [6.07, 6.45) is -0.580. The first-order valence-electron chi connectivity index (χ1n) is 7.92. The molecule has 0 bridgehead atoms. The predicted molar refractivity (Wildman–Crippen MR) is 96.7 cm³/mol. The highest BCUT2D eigenvalue weighted by atomic mass is 32.2. The molecule has 2 aliphatic rings. The van der Waals surface area contributed by atoms with E-state index < -0.39 is 33.6 Å². The maximum Gasteiger partial charge on any atom is 0.303 e. The number of aliphatic imine (C=N–C) groups is 1. The number of aliphatic carboxylic acids is 1. The smallest absolute Gasteiger partial charge is 0.303 e. The number of aryl methyl sites for hydroxylation is 1. The first-order valence-corrected chi connectivity index (χ1v) is 10.6. The second-order valence-corrected chi connectivity index (χ2v) is 9.65. The molecule has 3 rings (SSSR count). The molecular formula is C16H17FN2O5S2. The Labute approximate surface area is 154 Å². The van der Waals surface area contributed by atoms with Gasteiger partial charge in [-0.05, 0) is 24.6 Å². The van der Waals surface area contributed by atoms with Crippen molar-refractivity contribution in [3.05, 3.63) is 29.6 Å². The van der Waals surface area contributed by atoms with Crippen molar-refractivity contribution >= 4 is 44.3 Å². The topological polar surface area (TPSA) is 104 Å². The van der Waals surface area contributed by atoms with Gasteiger partial charge in [0.2, 0.25) is 5.91 Å². The monoisotopic (exact) mass is 400 g/mol. The third-order valence-electron chi connectivity index (χ3n) is 4.27. The van der Waals surface area contributed by atoms with Crippen LogP contribution < -0.4 is 4.90 Å². The van der Waals surface area contributed by atoms with Crippen LogP contribution in [-0.2, 0) is 19.4 Å². The Hall–Kier alpha value is -1.94. The summed E-state index contributed by atoms with van der Waals surface area (Å²) in [4.78, 5) is 28.1. The number of carboxylic acids is 1. The summed E-state index contributed by atoms with van der Waals surface area (Å²) < 4.78 is 37.9. The fraction of sp³-hybridized carbons (Fsp3) is 0.438. The van der Waals surface area contributed by atoms with E-state index >= 15 is 0 Å². The Morgan fingerprint density at radius 1 is 1.35 bits per heavy atom. The van der Waals surface area contributed by atoms with E-state index in [4.69, 9.17) is 5.11 Å². The van der Waals surface area contributed by atoms with Gasteiger partial charge in [-0.3, -0.25) is 9.59 Å². The Morgan fingerprint density at radius 3 is 2.73 bits per heavy atom. The molecule has 2 saturated heterocycles. The summed E-state index contributed by atoms with van der Waals surface area (Å²) in [7, 11) is -3.21. The number of thioether (sulfide) groups is 1. The number of anilines is 1. The molecule has 2 aliphatic heterocycles. The Bertz CT molecular complexity index is 900. The van der Waals surface area contributed by atoms with Gasteiger partial charge >= 0.3 is 5.97 Å². The number of benzene rings is 1. The van der Waals surface area contributed by atoms with Crippen molar-refractivity contribution in [1.29, 1.82) is 0 Å². The van der Waals surface area contributed by atoms with Crippen LogP contribution >= 0.6 is 11.8 Å². The van der Waals surface area contributed by atoms with E-state index in [0.29, 0.717) is 11.3 Å². The van der Waals surface area contributed by atoms with Crippen LogP contribution in [0.3, 0.4) is 0 Å². The van der Waals surface area contributed by atoms with E-state index in [2.05, 4.69) is 4.99 Å². The molecular weight excluding hydrogens is 383 g/mol. The molecule has 2 fully saturated rings. The molecule has 0 aliphatic carbocycles. The highest BCUT2D eigenvalue weighted by Crippen LogP contribution is 2.41. The van der Waals surface area contributed by atoms with Crippen LogP contribution in [0.15, 0.2) is 23.2 Å². The molecule has 0 spiro atoms. The maximum atomic E-state index is 14.0. The lowest BCUT2D eigenvalue weighted by Gasteiger charge is -2.24. The van der Waals surface area contributed by atoms with Crippen molar-refractivity contribution in [3.63, 3.8) is 0 Å². The normalized spacial score (nSPS) is 25.5. The number of carbonyl (C=O) groups excluding carboxylic acids is 1. The number of nitrogens with zero attached hydrogens (tertiary/aromatic N) is 2. The average molecular weight is 400 g/mol. The van der Waals surface area contributed by atoms with Gasteiger partial charge in [-0.15, -0.1) is 0 Å². The lowest BCUT2D eigenvalue weighted by Crippen LogP contribution is -2.37. The molecule has 10 heteroatoms. The fourth-order valence-corrected chi connectivity index (χ4v) is 6.91. The second-order valence-electron chi connectivity index (χ2n) is 6.29. The largest absolute Gasteiger partial charge is 0.481 e. The summed E-state index contributed by atoms with van der Waals surface area (Å²) in [6.45, 7) is 1.62. The van der Waals surface area contributed by atoms with Crippen LogP contribution in [0.25, 0.3) is 0 Å². The molecule has 1 amide bonds. The van der Waals surface area contributed by atoms with Crippen molar-refractivity contribution in [1.82, 2.24) is 0 Å². The molecule has 0 unspecified atom stereocenters. The number of carboxylic acid groups (broad SMARTS) is 1. The van der Waals surface area contributed by atoms with Crippen LogP contribution in [0.1, 0.15) is 18.4 Å². The van der Waals surface area contributed by atoms with Gasteiger partial charge in [0, 0.05) is 17.4 Å². The number of sulfone groups is 1. The molecule has 7 nitrogen and oxygen atoms in total. The fourth-order valence-electron chi connectivity index (χ4n) is 2.97. The number of fused-ring (bicyclic) bond motifs is 1. The molecule has 2 heterocycles. The summed E-state index contributed by atoms with van der Waals surface area (Å²) in [5, 5.41) is 8.66. The molecule has 0 radical (unpaired) electrons. The van der Waals surface area contributed by atoms with Crippen molar-refractivity contribution < 1.29 is 27.5 Å². The van der Waals surface area contributed by atoms with E-state index in [1.54, 1.807) is 24.0 Å². The van der Waals surface area contributed by atoms with Crippen molar-refractivity contribution in [2.75, 3.05) is 16.4 Å². The SMILES string of the molecule is Cc1ccc(N2C(=NC(=O)CCC(=O)O)S[C@H]3CS(=O)(=O)C[C@@H]32)cc1F. The number of halogens is 1. The first-order chi connectivity index (χ1) is 12.2. The zero-order valence-electron chi connectivity index (χ0n) is 13.9. The summed E-state index contributed by atoms with van der Waals surface area (Å²) in [6, 6.07) is 4.10. The highest BCUT2D eigenvalue weighted by Gasteiger charge is 2.49. The molecule has 2 atom stereocenters. The molecule has 0 aromatic heterocycles. The number of carbonyl (C=O) groups is 2. The Morgan fingerprint density at radius 2 is 2.08 bits per heavy atom. The summed E-state index contributed by atoms with van der Waals surface area (Å²) >= 11 is 1.17. The summed E-state index contributed by atoms with van der Waals surface area (Å²) in [5.41, 5.74) is 0.877. The van der Waals surface area contributed by atoms with Crippen molar-refractivity contribution in [3.8, 4) is 0 Å². The minimum atomic E-state index is -3.21. The van der Waals surface area contributed by atoms with E-state index in [-0.39, 0.29) is 34.8 Å². The van der Waals surface area contributed by atoms with Gasteiger partial charge in [0.05, 0.1) is 24.0 Å². The first kappa shape index (κ1) is 18.8. The standard InChI is InChI=1S/C16H17FN2O5S2/c1-9-2-3-10(6-11(9)17)19-12-7-26(23,24)8-13(12)25-16(19)18-14(20)4-5-15(21)22/h2-3,6,12-13H,4-5,7-8H2,1H3,(H,21,22)/t12-,13-/m0/s1. The van der Waals surface area contributed by atoms with Gasteiger partial charge in [-0.1, -0.05) is 17.8 Å². The highest BCUT2D eigenvalue weighted by molar-refractivity contribution is 8.16. The molecule has 1 aromatic carbocycles. The van der Waals surface area contributed by atoms with Crippen LogP contribution in [0.2, 0.25) is 0 Å². The zero-order chi connectivity index (χ0) is 19.1. The van der Waals surface area contributed by atoms with Gasteiger partial charge in [0.1, 0.15) is 5.82 Å². The third kappa shape index (κ3) is 3.90. The van der Waals surface area contributed by atoms with E-state index in [9.17, 15) is 22.4 Å². The van der Waals surface area contributed by atoms with Gasteiger partial charge in [-0.2, -0.15) is 4.99 Å². The molecule has 1 aromatic rings. The van der Waals surface area contributed by atoms with Crippen LogP contribution in [0, 0.1) is 12.7 Å². The predicted octanol–water partition coefficient (Wildman–Crippen LogP) is 1.60. The van der Waals surface area contributed by atoms with Crippen LogP contribution in [-0.4, -0.2) is 53.4 Å². The van der Waals surface area contributed by atoms with Crippen LogP contribution in [0.5, 0.6) is 0 Å². The van der Waals surface area contributed by atoms with E-state index in [0.717, 1.165) is 0 Å². The minimum absolute atomic E-state index is 0.0322. The van der Waals surface area contributed by atoms with Gasteiger partial charge in [0.25, 0.3) is 0 Å². The lowest BCUT2D eigenvalue weighted by atomic mass is 10.1. The minimum Gasteiger partial charge on any atom is -0.481 e. The van der Waals surface area contributed by atoms with Gasteiger partial charge < -0.3 is 10.0 Å². The Kier molecular flexibility index (Phi) is 5.07. The number of rotatable bonds is 4. The van der Waals surface area contributed by atoms with E-state index in [1.807, 2.05) is 0 Å². The van der Waals surface area contributed by atoms with Gasteiger partial charge in [-0.25, -0.2) is 12.8 Å². The maximum absolute atomic E-state index is 14.0. The molecule has 26 heavy (non-hydrogen) atoms. The number of hydrogen-bond acceptors (Lipinski definition) is 5. The quantitative estimate of drug-likeness (QED) is 0.819. The number of amidine groups is 1. The molecule has 0 saturated carbocycles. The third-order valence-corrected chi connectivity index (χ3v) is 7.48. The average Bonchev–Trinajstić information content (AvgIpc) is 2.99. The number of amides is 1. The molecule has 1 N–H and O–H groups in total. The molecule has 140 valence electrons. The van der Waals surface area contributed by atoms with Crippen molar-refractivity contribution in [2.24, 2.45) is 4.99 Å². The van der Waals surface area contributed by atoms with E-state index in [1.165, 1.54) is 17.8 Å². The zero-order valence-corrected chi connectivity index (χ0v) is 15.5. The number of hydrogen-bond donors (Lipinski definition) is 1.